The average Bonchev–Trinajstić information content (AvgIpc) is 2.17. The first kappa shape index (κ1) is 13.0. The van der Waals surface area contributed by atoms with Gasteiger partial charge in [-0.05, 0) is 52.5 Å². The van der Waals surface area contributed by atoms with E-state index < -0.39 is 5.60 Å². The standard InChI is InChI=1S/C13H27NO/c1-11(12-7-5-4-6-8-12)14-10-9-13(2,3)15/h11-12,14-15H,4-10H2,1-3H3/t11-/m0/s1. The molecule has 0 heterocycles. The SMILES string of the molecule is C[C@H](NCCC(C)(C)O)C1CCCCC1. The van der Waals surface area contributed by atoms with Crippen molar-refractivity contribution in [2.75, 3.05) is 6.54 Å². The molecule has 0 spiro atoms. The first-order valence-electron chi connectivity index (χ1n) is 6.45. The van der Waals surface area contributed by atoms with Gasteiger partial charge in [0.15, 0.2) is 0 Å². The van der Waals surface area contributed by atoms with E-state index in [1.807, 2.05) is 13.8 Å². The van der Waals surface area contributed by atoms with E-state index in [-0.39, 0.29) is 0 Å². The minimum Gasteiger partial charge on any atom is -0.390 e. The molecule has 0 unspecified atom stereocenters. The van der Waals surface area contributed by atoms with Gasteiger partial charge in [0.1, 0.15) is 0 Å². The van der Waals surface area contributed by atoms with Crippen LogP contribution >= 0.6 is 0 Å². The Morgan fingerprint density at radius 3 is 2.40 bits per heavy atom. The van der Waals surface area contributed by atoms with Crippen LogP contribution in [0.4, 0.5) is 0 Å². The fraction of sp³-hybridized carbons (Fsp3) is 1.00. The Kier molecular flexibility index (Phi) is 5.07. The van der Waals surface area contributed by atoms with Crippen LogP contribution in [0.25, 0.3) is 0 Å². The first-order chi connectivity index (χ1) is 6.99. The predicted octanol–water partition coefficient (Wildman–Crippen LogP) is 2.71. The van der Waals surface area contributed by atoms with Gasteiger partial charge >= 0.3 is 0 Å². The van der Waals surface area contributed by atoms with Crippen molar-refractivity contribution in [3.63, 3.8) is 0 Å². The minimum atomic E-state index is -0.528. The Labute approximate surface area is 94.5 Å². The molecule has 90 valence electrons. The lowest BCUT2D eigenvalue weighted by Gasteiger charge is -2.29. The molecular formula is C13H27NO. The van der Waals surface area contributed by atoms with E-state index in [2.05, 4.69) is 12.2 Å². The van der Waals surface area contributed by atoms with Crippen molar-refractivity contribution in [3.8, 4) is 0 Å². The molecule has 1 fully saturated rings. The van der Waals surface area contributed by atoms with Gasteiger partial charge in [-0.1, -0.05) is 19.3 Å². The van der Waals surface area contributed by atoms with Crippen LogP contribution in [0.15, 0.2) is 0 Å². The Balaban J connectivity index is 2.14. The molecule has 0 aromatic carbocycles. The van der Waals surface area contributed by atoms with Crippen molar-refractivity contribution in [1.29, 1.82) is 0 Å². The van der Waals surface area contributed by atoms with Crippen molar-refractivity contribution in [1.82, 2.24) is 5.32 Å². The van der Waals surface area contributed by atoms with Crippen LogP contribution in [0, 0.1) is 5.92 Å². The van der Waals surface area contributed by atoms with Gasteiger partial charge < -0.3 is 10.4 Å². The summed E-state index contributed by atoms with van der Waals surface area (Å²) in [5.74, 6) is 0.862. The summed E-state index contributed by atoms with van der Waals surface area (Å²) in [7, 11) is 0. The van der Waals surface area contributed by atoms with Crippen molar-refractivity contribution in [2.45, 2.75) is 70.9 Å². The van der Waals surface area contributed by atoms with Gasteiger partial charge in [-0.3, -0.25) is 0 Å². The van der Waals surface area contributed by atoms with Crippen molar-refractivity contribution in [3.05, 3.63) is 0 Å². The summed E-state index contributed by atoms with van der Waals surface area (Å²) >= 11 is 0. The summed E-state index contributed by atoms with van der Waals surface area (Å²) in [6.45, 7) is 6.97. The molecule has 2 nitrogen and oxygen atoms in total. The first-order valence-corrected chi connectivity index (χ1v) is 6.45. The van der Waals surface area contributed by atoms with E-state index in [1.54, 1.807) is 0 Å². The molecule has 1 saturated carbocycles. The summed E-state index contributed by atoms with van der Waals surface area (Å²) in [6, 6.07) is 0.618. The highest BCUT2D eigenvalue weighted by Crippen LogP contribution is 2.26. The highest BCUT2D eigenvalue weighted by molar-refractivity contribution is 4.77. The van der Waals surface area contributed by atoms with E-state index in [9.17, 15) is 5.11 Å². The highest BCUT2D eigenvalue weighted by Gasteiger charge is 2.20. The van der Waals surface area contributed by atoms with Crippen LogP contribution < -0.4 is 5.32 Å². The van der Waals surface area contributed by atoms with Crippen LogP contribution in [0.2, 0.25) is 0 Å². The maximum Gasteiger partial charge on any atom is 0.0603 e. The number of hydrogen-bond donors (Lipinski definition) is 2. The molecule has 1 aliphatic rings. The zero-order valence-electron chi connectivity index (χ0n) is 10.6. The zero-order chi connectivity index (χ0) is 11.3. The van der Waals surface area contributed by atoms with Gasteiger partial charge in [-0.15, -0.1) is 0 Å². The summed E-state index contributed by atoms with van der Waals surface area (Å²) in [4.78, 5) is 0. The maximum absolute atomic E-state index is 9.60. The van der Waals surface area contributed by atoms with E-state index in [0.29, 0.717) is 6.04 Å². The van der Waals surface area contributed by atoms with E-state index in [0.717, 1.165) is 18.9 Å². The molecule has 0 aromatic heterocycles. The lowest BCUT2D eigenvalue weighted by Crippen LogP contribution is -2.37. The fourth-order valence-corrected chi connectivity index (χ4v) is 2.41. The molecule has 0 bridgehead atoms. The number of nitrogens with one attached hydrogen (secondary N) is 1. The second-order valence-corrected chi connectivity index (χ2v) is 5.70. The monoisotopic (exact) mass is 213 g/mol. The van der Waals surface area contributed by atoms with Gasteiger partial charge in [0.05, 0.1) is 5.60 Å². The van der Waals surface area contributed by atoms with Gasteiger partial charge in [0, 0.05) is 6.04 Å². The van der Waals surface area contributed by atoms with Crippen LogP contribution in [0.1, 0.15) is 59.3 Å². The third kappa shape index (κ3) is 5.53. The van der Waals surface area contributed by atoms with Crippen molar-refractivity contribution in [2.24, 2.45) is 5.92 Å². The van der Waals surface area contributed by atoms with Gasteiger partial charge in [0.25, 0.3) is 0 Å². The molecule has 1 atom stereocenters. The number of hydrogen-bond acceptors (Lipinski definition) is 2. The second kappa shape index (κ2) is 5.86. The molecule has 0 aliphatic heterocycles. The highest BCUT2D eigenvalue weighted by atomic mass is 16.3. The normalized spacial score (nSPS) is 21.6. The summed E-state index contributed by atoms with van der Waals surface area (Å²) in [6.07, 6.45) is 7.84. The van der Waals surface area contributed by atoms with E-state index >= 15 is 0 Å². The average molecular weight is 213 g/mol. The zero-order valence-corrected chi connectivity index (χ0v) is 10.6. The summed E-state index contributed by atoms with van der Waals surface area (Å²) in [5, 5.41) is 13.1. The molecule has 0 radical (unpaired) electrons. The Bertz CT molecular complexity index is 168. The minimum absolute atomic E-state index is 0.528. The lowest BCUT2D eigenvalue weighted by molar-refractivity contribution is 0.0695. The predicted molar refractivity (Wildman–Crippen MR) is 65.0 cm³/mol. The largest absolute Gasteiger partial charge is 0.390 e. The van der Waals surface area contributed by atoms with Gasteiger partial charge in [0.2, 0.25) is 0 Å². The molecule has 0 aromatic rings. The van der Waals surface area contributed by atoms with E-state index in [1.165, 1.54) is 32.1 Å². The lowest BCUT2D eigenvalue weighted by atomic mass is 9.84. The fourth-order valence-electron chi connectivity index (χ4n) is 2.41. The smallest absolute Gasteiger partial charge is 0.0603 e. The van der Waals surface area contributed by atoms with Crippen LogP contribution in [0.5, 0.6) is 0 Å². The number of aliphatic hydroxyl groups is 1. The molecular weight excluding hydrogens is 186 g/mol. The third-order valence-electron chi connectivity index (χ3n) is 3.56. The van der Waals surface area contributed by atoms with Gasteiger partial charge in [-0.2, -0.15) is 0 Å². The summed E-state index contributed by atoms with van der Waals surface area (Å²) in [5.41, 5.74) is -0.528. The Morgan fingerprint density at radius 1 is 1.27 bits per heavy atom. The van der Waals surface area contributed by atoms with Crippen LogP contribution in [0.3, 0.4) is 0 Å². The van der Waals surface area contributed by atoms with E-state index in [4.69, 9.17) is 0 Å². The molecule has 1 rings (SSSR count). The molecule has 2 heteroatoms. The third-order valence-corrected chi connectivity index (χ3v) is 3.56. The quantitative estimate of drug-likeness (QED) is 0.736. The number of rotatable bonds is 5. The Morgan fingerprint density at radius 2 is 1.87 bits per heavy atom. The van der Waals surface area contributed by atoms with Crippen LogP contribution in [-0.2, 0) is 0 Å². The molecule has 0 saturated heterocycles. The summed E-state index contributed by atoms with van der Waals surface area (Å²) < 4.78 is 0. The van der Waals surface area contributed by atoms with Crippen LogP contribution in [-0.4, -0.2) is 23.3 Å². The van der Waals surface area contributed by atoms with Gasteiger partial charge in [-0.25, -0.2) is 0 Å². The molecule has 0 amide bonds. The van der Waals surface area contributed by atoms with Crippen molar-refractivity contribution < 1.29 is 5.11 Å². The molecule has 1 aliphatic carbocycles. The molecule has 2 N–H and O–H groups in total. The maximum atomic E-state index is 9.60. The topological polar surface area (TPSA) is 32.3 Å². The molecule has 15 heavy (non-hydrogen) atoms. The second-order valence-electron chi connectivity index (χ2n) is 5.70. The van der Waals surface area contributed by atoms with Crippen molar-refractivity contribution >= 4 is 0 Å². The Hall–Kier alpha value is -0.0800.